The van der Waals surface area contributed by atoms with Crippen LogP contribution in [-0.2, 0) is 36.4 Å². The second-order valence-corrected chi connectivity index (χ2v) is 31.7. The van der Waals surface area contributed by atoms with Crippen molar-refractivity contribution < 1.29 is 62.2 Å². The van der Waals surface area contributed by atoms with Crippen molar-refractivity contribution in [2.24, 2.45) is 17.6 Å². The first kappa shape index (κ1) is 82.8. The van der Waals surface area contributed by atoms with Gasteiger partial charge in [-0.1, -0.05) is 96.9 Å². The van der Waals surface area contributed by atoms with E-state index in [2.05, 4.69) is 43.4 Å². The minimum absolute atomic E-state index is 0. The molecule has 5 aliphatic rings. The van der Waals surface area contributed by atoms with Gasteiger partial charge in [-0.25, -0.2) is 36.9 Å². The number of rotatable bonds is 20. The minimum atomic E-state index is -1.57. The normalized spacial score (nSPS) is 20.0. The molecule has 0 bridgehead atoms. The van der Waals surface area contributed by atoms with E-state index in [0.717, 1.165) is 49.0 Å². The molecule has 12 rings (SSSR count). The van der Waals surface area contributed by atoms with Gasteiger partial charge in [0, 0.05) is 71.0 Å². The highest BCUT2D eigenvalue weighted by molar-refractivity contribution is 7.84. The number of nitrogens with two attached hydrogens (primary N) is 1. The molecule has 30 heteroatoms. The van der Waals surface area contributed by atoms with Crippen molar-refractivity contribution in [3.63, 3.8) is 0 Å². The number of aliphatic hydroxyl groups excluding tert-OH is 3. The van der Waals surface area contributed by atoms with E-state index < -0.39 is 111 Å². The average Bonchev–Trinajstić information content (AvgIpc) is 1.34. The number of anilines is 5. The number of benzene rings is 7. The number of aliphatic hydroxyl groups is 3. The van der Waals surface area contributed by atoms with E-state index in [0.29, 0.717) is 84.6 Å². The molecule has 12 N–H and O–H groups in total. The maximum Gasteiger partial charge on any atom is 0.326 e. The number of carbonyl (C=O) groups is 6. The molecule has 0 spiro atoms. The Morgan fingerprint density at radius 2 is 0.870 bits per heavy atom. The summed E-state index contributed by atoms with van der Waals surface area (Å²) in [5.41, 5.74) is 9.64. The number of halogens is 6. The standard InChI is InChI=1S/C35H39ClFN5O4S.C31H31ClFN5O3.C12H13ClN2O4.ClH/c1-34(2,3)47(46)41-35(16-15-22-7-8-22,24-6-4-5-23(17-24)20-38)25-9-14-29(37)30(18-25)40-32(44)31-19-28(43)21-42(31)33(45)39-27-12-10-26(36)11-13-27;32-23-7-9-24(10-8-23)36-30(41)38-18-25(39)16-28(38)29(40)37-27-15-22(6-11-26(27)33)31(35,13-12-19-4-5-19)21-3-1-2-20(14-21)17-34;13-7-1-3-8(4-2-7)14-12(19)15-6-9(16)5-10(15)11(17)18;/h4-6,9-14,17-18,22,28,31,41,43H,7-8,15-16,19,21H2,1-3H3,(H,39,45)(H,40,44);1-3,6-11,14-15,19,25,28,39H,4-5,12-13,16,18,35H2,(H,36,41)(H,37,40);1-4,9-10,16H,5-6H2,(H,14,19)(H,17,18);1H/t28-,31-,35?,47-;25-,28-,31?;9-,10-;/m111./s1. The van der Waals surface area contributed by atoms with Gasteiger partial charge in [-0.2, -0.15) is 10.5 Å². The molecule has 3 aliphatic heterocycles. The zero-order valence-corrected chi connectivity index (χ0v) is 63.1. The first-order valence-corrected chi connectivity index (χ1v) is 37.2. The second-order valence-electron chi connectivity index (χ2n) is 28.4. The predicted molar refractivity (Wildman–Crippen MR) is 413 cm³/mol. The molecular weight excluding hydrogens is 1490 g/mol. The average molecular weight is 1580 g/mol. The van der Waals surface area contributed by atoms with Gasteiger partial charge in [0.15, 0.2) is 0 Å². The lowest BCUT2D eigenvalue weighted by molar-refractivity contribution is -0.141. The number of carbonyl (C=O) groups excluding carboxylic acids is 5. The maximum absolute atomic E-state index is 15.5. The summed E-state index contributed by atoms with van der Waals surface area (Å²) in [4.78, 5) is 79.7. The number of aliphatic carboxylic acids is 1. The number of nitriles is 2. The van der Waals surface area contributed by atoms with Gasteiger partial charge in [0.05, 0.1) is 79.8 Å². The van der Waals surface area contributed by atoms with E-state index in [9.17, 15) is 58.8 Å². The summed E-state index contributed by atoms with van der Waals surface area (Å²) < 4.78 is 47.0. The lowest BCUT2D eigenvalue weighted by Gasteiger charge is -2.38. The first-order valence-electron chi connectivity index (χ1n) is 34.9. The highest BCUT2D eigenvalue weighted by atomic mass is 35.5. The third kappa shape index (κ3) is 21.3. The van der Waals surface area contributed by atoms with Crippen molar-refractivity contribution in [3.8, 4) is 12.1 Å². The minimum Gasteiger partial charge on any atom is -0.480 e. The molecule has 7 aromatic carbocycles. The highest BCUT2D eigenvalue weighted by Gasteiger charge is 2.45. The number of nitrogens with zero attached hydrogens (tertiary/aromatic N) is 5. The molecule has 8 amide bonds. The van der Waals surface area contributed by atoms with Gasteiger partial charge in [0.25, 0.3) is 0 Å². The Morgan fingerprint density at radius 1 is 0.519 bits per heavy atom. The van der Waals surface area contributed by atoms with E-state index in [4.69, 9.17) is 45.6 Å². The zero-order chi connectivity index (χ0) is 77.1. The Morgan fingerprint density at radius 3 is 1.27 bits per heavy atom. The molecule has 2 saturated carbocycles. The van der Waals surface area contributed by atoms with Gasteiger partial charge in [-0.15, -0.1) is 12.4 Å². The van der Waals surface area contributed by atoms with E-state index >= 15 is 8.78 Å². The number of carboxylic acid groups (broad SMARTS) is 1. The number of hydrogen-bond donors (Lipinski definition) is 11. The molecule has 5 fully saturated rings. The largest absolute Gasteiger partial charge is 0.480 e. The summed E-state index contributed by atoms with van der Waals surface area (Å²) in [6.07, 6.45) is 4.62. The molecule has 0 radical (unpaired) electrons. The van der Waals surface area contributed by atoms with Crippen LogP contribution in [-0.4, -0.2) is 136 Å². The van der Waals surface area contributed by atoms with Crippen molar-refractivity contribution in [2.45, 2.75) is 144 Å². The van der Waals surface area contributed by atoms with Crippen LogP contribution in [0.3, 0.4) is 0 Å². The summed E-state index contributed by atoms with van der Waals surface area (Å²) in [5.74, 6) is -2.67. The van der Waals surface area contributed by atoms with Crippen molar-refractivity contribution in [1.82, 2.24) is 19.4 Å². The topological polar surface area (TPSA) is 356 Å². The Labute approximate surface area is 648 Å². The number of nitrogens with one attached hydrogen (secondary N) is 6. The Bertz CT molecular complexity index is 4530. The van der Waals surface area contributed by atoms with Gasteiger partial charge < -0.3 is 67.4 Å². The molecular formula is C78H84Cl4F2N12O11S. The fraction of sp³-hybridized carbons (Fsp3) is 0.359. The molecule has 3 heterocycles. The third-order valence-electron chi connectivity index (χ3n) is 19.3. The highest BCUT2D eigenvalue weighted by Crippen LogP contribution is 2.44. The first-order chi connectivity index (χ1) is 50.9. The number of hydrogen-bond acceptors (Lipinski definition) is 13. The van der Waals surface area contributed by atoms with Crippen LogP contribution >= 0.6 is 47.2 Å². The Kier molecular flexibility index (Phi) is 27.8. The summed E-state index contributed by atoms with van der Waals surface area (Å²) in [6, 6.07) is 41.8. The Hall–Kier alpha value is -9.29. The molecule has 570 valence electrons. The lowest BCUT2D eigenvalue weighted by atomic mass is 9.79. The van der Waals surface area contributed by atoms with Crippen molar-refractivity contribution in [2.75, 3.05) is 46.2 Å². The van der Waals surface area contributed by atoms with Crippen molar-refractivity contribution in [1.29, 1.82) is 10.5 Å². The SMILES string of the molecule is CC(C)(C)[S@@](=O)NC(CCC1CC1)(c1cccc(C#N)c1)c1ccc(F)c(NC(=O)[C@H]2C[C@@H](O)CN2C(=O)Nc2ccc(Cl)cc2)c1.Cl.N#Cc1cccc(C(N)(CCC2CC2)c2ccc(F)c(NC(=O)[C@H]3C[C@@H](O)CN3C(=O)Nc3ccc(Cl)cc3)c2)c1.O=C(O)[C@H]1C[C@@H](O)CN1C(=O)Nc1ccc(Cl)cc1. The fourth-order valence-corrected chi connectivity index (χ4v) is 14.4. The number of β-amino-alcohol motifs (C(OH)–C–C–N with tert-alkyl or cyclic N) is 3. The molecule has 7 aromatic rings. The summed E-state index contributed by atoms with van der Waals surface area (Å²) in [6.45, 7) is 5.44. The summed E-state index contributed by atoms with van der Waals surface area (Å²) >= 11 is 17.6. The molecule has 0 aromatic heterocycles. The molecule has 3 saturated heterocycles. The third-order valence-corrected chi connectivity index (χ3v) is 21.7. The summed E-state index contributed by atoms with van der Waals surface area (Å²) in [7, 11) is -1.57. The fourth-order valence-electron chi connectivity index (χ4n) is 13.0. The number of amides is 8. The monoisotopic (exact) mass is 1570 g/mol. The zero-order valence-electron chi connectivity index (χ0n) is 59.2. The molecule has 9 atom stereocenters. The molecule has 2 aliphatic carbocycles. The maximum atomic E-state index is 15.5. The van der Waals surface area contributed by atoms with Crippen LogP contribution < -0.4 is 37.0 Å². The summed E-state index contributed by atoms with van der Waals surface area (Å²) in [5, 5.41) is 73.1. The Balaban J connectivity index is 0.000000201. The number of carboxylic acids is 1. The van der Waals surface area contributed by atoms with Gasteiger partial charge >= 0.3 is 24.1 Å². The molecule has 2 unspecified atom stereocenters. The van der Waals surface area contributed by atoms with Crippen LogP contribution in [0.2, 0.25) is 15.1 Å². The number of urea groups is 3. The lowest BCUT2D eigenvalue weighted by Crippen LogP contribution is -2.49. The van der Waals surface area contributed by atoms with Crippen LogP contribution in [0.15, 0.2) is 158 Å². The van der Waals surface area contributed by atoms with E-state index in [1.54, 1.807) is 121 Å². The van der Waals surface area contributed by atoms with Crippen LogP contribution in [0.4, 0.5) is 51.6 Å². The van der Waals surface area contributed by atoms with E-state index in [1.807, 2.05) is 32.9 Å². The van der Waals surface area contributed by atoms with Crippen molar-refractivity contribution >= 4 is 123 Å². The molecule has 108 heavy (non-hydrogen) atoms. The van der Waals surface area contributed by atoms with Gasteiger partial charge in [0.1, 0.15) is 29.8 Å². The van der Waals surface area contributed by atoms with E-state index in [-0.39, 0.29) is 62.7 Å². The van der Waals surface area contributed by atoms with Crippen LogP contribution in [0.25, 0.3) is 0 Å². The van der Waals surface area contributed by atoms with Crippen molar-refractivity contribution in [3.05, 3.63) is 218 Å². The van der Waals surface area contributed by atoms with Gasteiger partial charge in [0.2, 0.25) is 11.8 Å². The second kappa shape index (κ2) is 36.3. The van der Waals surface area contributed by atoms with Crippen LogP contribution in [0.5, 0.6) is 0 Å². The quantitative estimate of drug-likeness (QED) is 0.0338. The van der Waals surface area contributed by atoms with Crippen LogP contribution in [0.1, 0.15) is 125 Å². The smallest absolute Gasteiger partial charge is 0.326 e. The van der Waals surface area contributed by atoms with E-state index in [1.165, 1.54) is 34.1 Å². The van der Waals surface area contributed by atoms with Crippen LogP contribution in [0, 0.1) is 46.1 Å². The molecule has 23 nitrogen and oxygen atoms in total. The van der Waals surface area contributed by atoms with Gasteiger partial charge in [-0.3, -0.25) is 9.59 Å². The predicted octanol–water partition coefficient (Wildman–Crippen LogP) is 13.6. The van der Waals surface area contributed by atoms with Gasteiger partial charge in [-0.05, 0) is 202 Å². The number of likely N-dealkylation sites (tertiary alicyclic amines) is 3.